The predicted molar refractivity (Wildman–Crippen MR) is 62.6 cm³/mol. The minimum Gasteiger partial charge on any atom is -0.338 e. The standard InChI is InChI=1S/C13H15NO3/c1-2-9-4-5-10-11(8-9)14-12(15)13(10)16-6-3-7-17-13/h4-5,8H,2-3,6-7H2,1H3,(H,14,15). The molecular formula is C13H15NO3. The van der Waals surface area contributed by atoms with E-state index in [9.17, 15) is 4.79 Å². The van der Waals surface area contributed by atoms with E-state index >= 15 is 0 Å². The Balaban J connectivity index is 2.07. The van der Waals surface area contributed by atoms with Crippen LogP contribution in [0.25, 0.3) is 0 Å². The molecular weight excluding hydrogens is 218 g/mol. The van der Waals surface area contributed by atoms with Gasteiger partial charge in [0.05, 0.1) is 18.9 Å². The summed E-state index contributed by atoms with van der Waals surface area (Å²) < 4.78 is 11.2. The van der Waals surface area contributed by atoms with Gasteiger partial charge in [-0.25, -0.2) is 0 Å². The normalized spacial score (nSPS) is 21.4. The number of carbonyl (C=O) groups is 1. The molecule has 0 radical (unpaired) electrons. The van der Waals surface area contributed by atoms with Crippen LogP contribution in [0.3, 0.4) is 0 Å². The van der Waals surface area contributed by atoms with Crippen LogP contribution in [-0.2, 0) is 26.5 Å². The Bertz CT molecular complexity index is 464. The van der Waals surface area contributed by atoms with Gasteiger partial charge >= 0.3 is 0 Å². The molecule has 1 amide bonds. The van der Waals surface area contributed by atoms with Crippen molar-refractivity contribution in [1.82, 2.24) is 0 Å². The Kier molecular flexibility index (Phi) is 2.42. The van der Waals surface area contributed by atoms with E-state index in [2.05, 4.69) is 12.2 Å². The summed E-state index contributed by atoms with van der Waals surface area (Å²) in [6.45, 7) is 3.20. The van der Waals surface area contributed by atoms with Crippen LogP contribution in [0.5, 0.6) is 0 Å². The zero-order valence-electron chi connectivity index (χ0n) is 9.79. The molecule has 90 valence electrons. The van der Waals surface area contributed by atoms with E-state index in [0.717, 1.165) is 24.1 Å². The Morgan fingerprint density at radius 3 is 2.82 bits per heavy atom. The van der Waals surface area contributed by atoms with Crippen LogP contribution in [0.1, 0.15) is 24.5 Å². The number of benzene rings is 1. The summed E-state index contributed by atoms with van der Waals surface area (Å²) in [5, 5.41) is 2.84. The molecule has 1 spiro atoms. The largest absolute Gasteiger partial charge is 0.338 e. The zero-order chi connectivity index (χ0) is 11.9. The molecule has 0 aliphatic carbocycles. The van der Waals surface area contributed by atoms with E-state index in [1.165, 1.54) is 5.56 Å². The monoisotopic (exact) mass is 233 g/mol. The molecule has 1 aromatic carbocycles. The number of nitrogens with one attached hydrogen (secondary N) is 1. The number of fused-ring (bicyclic) bond motifs is 2. The number of ether oxygens (including phenoxy) is 2. The highest BCUT2D eigenvalue weighted by Crippen LogP contribution is 2.41. The van der Waals surface area contributed by atoms with Gasteiger partial charge < -0.3 is 14.8 Å². The van der Waals surface area contributed by atoms with E-state index in [1.54, 1.807) is 0 Å². The van der Waals surface area contributed by atoms with Crippen LogP contribution >= 0.6 is 0 Å². The summed E-state index contributed by atoms with van der Waals surface area (Å²) in [6, 6.07) is 5.93. The van der Waals surface area contributed by atoms with Crippen LogP contribution in [0, 0.1) is 0 Å². The third-order valence-electron chi connectivity index (χ3n) is 3.29. The average Bonchev–Trinajstić information content (AvgIpc) is 2.63. The Morgan fingerprint density at radius 2 is 2.12 bits per heavy atom. The SMILES string of the molecule is CCc1ccc2c(c1)NC(=O)C21OCCCO1. The first kappa shape index (κ1) is 10.7. The number of hydrogen-bond acceptors (Lipinski definition) is 3. The highest BCUT2D eigenvalue weighted by atomic mass is 16.7. The van der Waals surface area contributed by atoms with Crippen molar-refractivity contribution in [2.75, 3.05) is 18.5 Å². The maximum atomic E-state index is 12.0. The number of carbonyl (C=O) groups excluding carboxylic acids is 1. The molecule has 2 heterocycles. The lowest BCUT2D eigenvalue weighted by atomic mass is 10.0. The Labute approximate surface area is 99.9 Å². The summed E-state index contributed by atoms with van der Waals surface area (Å²) >= 11 is 0. The third kappa shape index (κ3) is 1.48. The first-order chi connectivity index (χ1) is 8.26. The lowest BCUT2D eigenvalue weighted by Crippen LogP contribution is -2.43. The van der Waals surface area contributed by atoms with Gasteiger partial charge in [0, 0.05) is 5.56 Å². The van der Waals surface area contributed by atoms with Crippen molar-refractivity contribution in [2.24, 2.45) is 0 Å². The quantitative estimate of drug-likeness (QED) is 0.804. The molecule has 0 atom stereocenters. The molecule has 4 heteroatoms. The van der Waals surface area contributed by atoms with Gasteiger partial charge in [0.1, 0.15) is 0 Å². The van der Waals surface area contributed by atoms with Crippen molar-refractivity contribution < 1.29 is 14.3 Å². The highest BCUT2D eigenvalue weighted by Gasteiger charge is 2.50. The maximum absolute atomic E-state index is 12.0. The molecule has 0 bridgehead atoms. The van der Waals surface area contributed by atoms with Crippen molar-refractivity contribution in [3.63, 3.8) is 0 Å². The van der Waals surface area contributed by atoms with Crippen molar-refractivity contribution in [3.05, 3.63) is 29.3 Å². The average molecular weight is 233 g/mol. The lowest BCUT2D eigenvalue weighted by Gasteiger charge is -2.31. The van der Waals surface area contributed by atoms with Gasteiger partial charge in [-0.1, -0.05) is 19.1 Å². The highest BCUT2D eigenvalue weighted by molar-refractivity contribution is 6.04. The van der Waals surface area contributed by atoms with Gasteiger partial charge in [-0.05, 0) is 24.5 Å². The second-order valence-electron chi connectivity index (χ2n) is 4.35. The molecule has 4 nitrogen and oxygen atoms in total. The van der Waals surface area contributed by atoms with Crippen LogP contribution in [0.4, 0.5) is 5.69 Å². The summed E-state index contributed by atoms with van der Waals surface area (Å²) in [5.41, 5.74) is 2.81. The van der Waals surface area contributed by atoms with Crippen molar-refractivity contribution >= 4 is 11.6 Å². The predicted octanol–water partition coefficient (Wildman–Crippen LogP) is 1.79. The molecule has 0 unspecified atom stereocenters. The molecule has 1 fully saturated rings. The number of rotatable bonds is 1. The van der Waals surface area contributed by atoms with E-state index < -0.39 is 5.79 Å². The van der Waals surface area contributed by atoms with Crippen LogP contribution < -0.4 is 5.32 Å². The number of anilines is 1. The summed E-state index contributed by atoms with van der Waals surface area (Å²) in [6.07, 6.45) is 1.77. The first-order valence-electron chi connectivity index (χ1n) is 5.99. The summed E-state index contributed by atoms with van der Waals surface area (Å²) in [4.78, 5) is 12.0. The summed E-state index contributed by atoms with van der Waals surface area (Å²) in [5.74, 6) is -1.40. The molecule has 0 aromatic heterocycles. The molecule has 1 aromatic rings. The smallest absolute Gasteiger partial charge is 0.289 e. The molecule has 2 aliphatic rings. The van der Waals surface area contributed by atoms with E-state index in [0.29, 0.717) is 13.2 Å². The second-order valence-corrected chi connectivity index (χ2v) is 4.35. The van der Waals surface area contributed by atoms with Gasteiger partial charge in [0.15, 0.2) is 0 Å². The maximum Gasteiger partial charge on any atom is 0.289 e. The molecule has 1 N–H and O–H groups in total. The minimum atomic E-state index is -1.19. The molecule has 3 rings (SSSR count). The molecule has 17 heavy (non-hydrogen) atoms. The van der Waals surface area contributed by atoms with Crippen LogP contribution in [0.15, 0.2) is 18.2 Å². The van der Waals surface area contributed by atoms with Crippen molar-refractivity contribution in [1.29, 1.82) is 0 Å². The molecule has 1 saturated heterocycles. The van der Waals surface area contributed by atoms with Crippen molar-refractivity contribution in [2.45, 2.75) is 25.6 Å². The topological polar surface area (TPSA) is 47.6 Å². The number of hydrogen-bond donors (Lipinski definition) is 1. The number of amides is 1. The third-order valence-corrected chi connectivity index (χ3v) is 3.29. The number of aryl methyl sites for hydroxylation is 1. The van der Waals surface area contributed by atoms with Crippen LogP contribution in [-0.4, -0.2) is 19.1 Å². The van der Waals surface area contributed by atoms with Crippen LogP contribution in [0.2, 0.25) is 0 Å². The molecule has 0 saturated carbocycles. The van der Waals surface area contributed by atoms with Gasteiger partial charge in [0.25, 0.3) is 11.7 Å². The van der Waals surface area contributed by atoms with E-state index in [-0.39, 0.29) is 5.91 Å². The fraction of sp³-hybridized carbons (Fsp3) is 0.462. The Morgan fingerprint density at radius 1 is 1.35 bits per heavy atom. The van der Waals surface area contributed by atoms with Gasteiger partial charge in [-0.2, -0.15) is 0 Å². The lowest BCUT2D eigenvalue weighted by molar-refractivity contribution is -0.255. The van der Waals surface area contributed by atoms with Gasteiger partial charge in [0.2, 0.25) is 0 Å². The molecule has 2 aliphatic heterocycles. The van der Waals surface area contributed by atoms with Crippen molar-refractivity contribution in [3.8, 4) is 0 Å². The van der Waals surface area contributed by atoms with Gasteiger partial charge in [-0.3, -0.25) is 4.79 Å². The zero-order valence-corrected chi connectivity index (χ0v) is 9.79. The van der Waals surface area contributed by atoms with E-state index in [4.69, 9.17) is 9.47 Å². The fourth-order valence-corrected chi connectivity index (χ4v) is 2.35. The van der Waals surface area contributed by atoms with E-state index in [1.807, 2.05) is 18.2 Å². The fourth-order valence-electron chi connectivity index (χ4n) is 2.35. The summed E-state index contributed by atoms with van der Waals surface area (Å²) in [7, 11) is 0. The first-order valence-corrected chi connectivity index (χ1v) is 5.99. The minimum absolute atomic E-state index is 0.208. The Hall–Kier alpha value is -1.39. The second kappa shape index (κ2) is 3.82. The van der Waals surface area contributed by atoms with Gasteiger partial charge in [-0.15, -0.1) is 0 Å².